The van der Waals surface area contributed by atoms with Crippen LogP contribution in [-0.2, 0) is 11.2 Å². The molecular formula is C24H24O4. The van der Waals surface area contributed by atoms with Gasteiger partial charge in [0.25, 0.3) is 0 Å². The lowest BCUT2D eigenvalue weighted by Crippen LogP contribution is -2.18. The molecule has 1 saturated carbocycles. The molecule has 0 bridgehead atoms. The molecule has 3 rings (SSSR count). The van der Waals surface area contributed by atoms with Gasteiger partial charge >= 0.3 is 5.97 Å². The van der Waals surface area contributed by atoms with E-state index >= 15 is 0 Å². The van der Waals surface area contributed by atoms with Crippen molar-refractivity contribution < 1.29 is 19.4 Å². The van der Waals surface area contributed by atoms with E-state index < -0.39 is 6.10 Å². The van der Waals surface area contributed by atoms with E-state index in [4.69, 9.17) is 4.74 Å². The molecule has 0 spiro atoms. The summed E-state index contributed by atoms with van der Waals surface area (Å²) >= 11 is 0. The first-order chi connectivity index (χ1) is 13.7. The zero-order valence-corrected chi connectivity index (χ0v) is 15.7. The number of benzene rings is 2. The predicted octanol–water partition coefficient (Wildman–Crippen LogP) is 3.82. The Morgan fingerprint density at radius 1 is 1.14 bits per heavy atom. The van der Waals surface area contributed by atoms with Crippen molar-refractivity contribution in [1.82, 2.24) is 0 Å². The van der Waals surface area contributed by atoms with Gasteiger partial charge in [0.2, 0.25) is 0 Å². The molecule has 0 saturated heterocycles. The summed E-state index contributed by atoms with van der Waals surface area (Å²) in [6, 6.07) is 16.4. The molecule has 4 nitrogen and oxygen atoms in total. The highest BCUT2D eigenvalue weighted by Gasteiger charge is 2.33. The van der Waals surface area contributed by atoms with Crippen molar-refractivity contribution in [2.45, 2.75) is 38.2 Å². The first-order valence-electron chi connectivity index (χ1n) is 9.63. The largest absolute Gasteiger partial charge is 0.423 e. The fraction of sp³-hybridized carbons (Fsp3) is 0.333. The van der Waals surface area contributed by atoms with E-state index in [2.05, 4.69) is 11.8 Å². The van der Waals surface area contributed by atoms with E-state index in [1.807, 2.05) is 24.3 Å². The van der Waals surface area contributed by atoms with Gasteiger partial charge < -0.3 is 14.6 Å². The topological polar surface area (TPSA) is 63.6 Å². The SMILES string of the molecule is O=CC[C@H]1[C@@H](O)CC[C@@H]1C#CCCc1cccc(OC(=O)c2ccccc2)c1. The second-order valence-corrected chi connectivity index (χ2v) is 7.04. The smallest absolute Gasteiger partial charge is 0.343 e. The van der Waals surface area contributed by atoms with Crippen molar-refractivity contribution >= 4 is 12.3 Å². The molecule has 0 aromatic heterocycles. The molecule has 3 atom stereocenters. The van der Waals surface area contributed by atoms with Crippen LogP contribution in [0.2, 0.25) is 0 Å². The first kappa shape index (κ1) is 19.9. The van der Waals surface area contributed by atoms with Crippen LogP contribution in [0.15, 0.2) is 54.6 Å². The number of hydrogen-bond acceptors (Lipinski definition) is 4. The van der Waals surface area contributed by atoms with Crippen LogP contribution < -0.4 is 4.74 Å². The van der Waals surface area contributed by atoms with Gasteiger partial charge in [0.15, 0.2) is 0 Å². The monoisotopic (exact) mass is 376 g/mol. The Morgan fingerprint density at radius 2 is 1.96 bits per heavy atom. The second-order valence-electron chi connectivity index (χ2n) is 7.04. The van der Waals surface area contributed by atoms with Crippen molar-refractivity contribution in [2.24, 2.45) is 11.8 Å². The van der Waals surface area contributed by atoms with Crippen LogP contribution in [0.5, 0.6) is 5.75 Å². The third-order valence-corrected chi connectivity index (χ3v) is 5.10. The molecule has 1 fully saturated rings. The minimum atomic E-state index is -0.416. The maximum Gasteiger partial charge on any atom is 0.343 e. The predicted molar refractivity (Wildman–Crippen MR) is 107 cm³/mol. The van der Waals surface area contributed by atoms with Crippen molar-refractivity contribution in [3.63, 3.8) is 0 Å². The third-order valence-electron chi connectivity index (χ3n) is 5.10. The molecule has 0 aliphatic heterocycles. The lowest BCUT2D eigenvalue weighted by Gasteiger charge is -2.14. The van der Waals surface area contributed by atoms with E-state index in [0.29, 0.717) is 30.6 Å². The third kappa shape index (κ3) is 5.31. The number of aliphatic hydroxyl groups excluding tert-OH is 1. The Labute approximate surface area is 165 Å². The molecule has 1 aliphatic rings. The average molecular weight is 376 g/mol. The van der Waals surface area contributed by atoms with Gasteiger partial charge in [-0.05, 0) is 49.1 Å². The van der Waals surface area contributed by atoms with Crippen molar-refractivity contribution in [3.05, 3.63) is 65.7 Å². The Hall–Kier alpha value is -2.90. The molecule has 0 radical (unpaired) electrons. The Bertz CT molecular complexity index is 863. The second kappa shape index (κ2) is 9.87. The summed E-state index contributed by atoms with van der Waals surface area (Å²) in [5.41, 5.74) is 1.56. The molecule has 2 aromatic rings. The summed E-state index contributed by atoms with van der Waals surface area (Å²) in [6.07, 6.45) is 3.81. The number of esters is 1. The van der Waals surface area contributed by atoms with Gasteiger partial charge in [-0.25, -0.2) is 4.79 Å². The number of aryl methyl sites for hydroxylation is 1. The number of rotatable bonds is 6. The van der Waals surface area contributed by atoms with Crippen LogP contribution in [0, 0.1) is 23.7 Å². The van der Waals surface area contributed by atoms with E-state index in [0.717, 1.165) is 24.7 Å². The fourth-order valence-electron chi connectivity index (χ4n) is 3.57. The van der Waals surface area contributed by atoms with Crippen molar-refractivity contribution in [3.8, 4) is 17.6 Å². The van der Waals surface area contributed by atoms with Gasteiger partial charge in [-0.2, -0.15) is 0 Å². The van der Waals surface area contributed by atoms with Crippen LogP contribution in [0.4, 0.5) is 0 Å². The van der Waals surface area contributed by atoms with Crippen LogP contribution in [-0.4, -0.2) is 23.5 Å². The van der Waals surface area contributed by atoms with Gasteiger partial charge in [0.05, 0.1) is 11.7 Å². The van der Waals surface area contributed by atoms with Gasteiger partial charge in [-0.3, -0.25) is 0 Å². The molecule has 0 heterocycles. The summed E-state index contributed by atoms with van der Waals surface area (Å²) in [4.78, 5) is 22.9. The van der Waals surface area contributed by atoms with Crippen LogP contribution >= 0.6 is 0 Å². The van der Waals surface area contributed by atoms with Crippen molar-refractivity contribution in [1.29, 1.82) is 0 Å². The molecule has 0 unspecified atom stereocenters. The number of hydrogen-bond donors (Lipinski definition) is 1. The lowest BCUT2D eigenvalue weighted by atomic mass is 9.92. The lowest BCUT2D eigenvalue weighted by molar-refractivity contribution is -0.109. The zero-order chi connectivity index (χ0) is 19.8. The quantitative estimate of drug-likeness (QED) is 0.360. The van der Waals surface area contributed by atoms with E-state index in [1.54, 1.807) is 30.3 Å². The van der Waals surface area contributed by atoms with Gasteiger partial charge in [0, 0.05) is 24.7 Å². The summed E-state index contributed by atoms with van der Waals surface area (Å²) < 4.78 is 5.45. The summed E-state index contributed by atoms with van der Waals surface area (Å²) in [5, 5.41) is 9.94. The highest BCUT2D eigenvalue weighted by molar-refractivity contribution is 5.90. The van der Waals surface area contributed by atoms with Crippen LogP contribution in [0.3, 0.4) is 0 Å². The summed E-state index contributed by atoms with van der Waals surface area (Å²) in [7, 11) is 0. The fourth-order valence-corrected chi connectivity index (χ4v) is 3.57. The molecule has 1 N–H and O–H groups in total. The van der Waals surface area contributed by atoms with Gasteiger partial charge in [-0.1, -0.05) is 36.3 Å². The first-order valence-corrected chi connectivity index (χ1v) is 9.63. The zero-order valence-electron chi connectivity index (χ0n) is 15.7. The summed E-state index contributed by atoms with van der Waals surface area (Å²) in [5.74, 6) is 6.62. The number of carbonyl (C=O) groups excluding carboxylic acids is 2. The molecule has 2 aromatic carbocycles. The molecule has 28 heavy (non-hydrogen) atoms. The van der Waals surface area contributed by atoms with E-state index in [1.165, 1.54) is 0 Å². The maximum atomic E-state index is 12.2. The number of ether oxygens (including phenoxy) is 1. The number of aliphatic hydroxyl groups is 1. The van der Waals surface area contributed by atoms with Crippen LogP contribution in [0.25, 0.3) is 0 Å². The van der Waals surface area contributed by atoms with Crippen LogP contribution in [0.1, 0.15) is 41.6 Å². The Kier molecular flexibility index (Phi) is 7.00. The Morgan fingerprint density at radius 3 is 2.75 bits per heavy atom. The van der Waals surface area contributed by atoms with Crippen molar-refractivity contribution in [2.75, 3.05) is 0 Å². The standard InChI is InChI=1S/C24H24O4/c25-16-15-22-19(13-14-23(22)26)9-5-4-7-18-8-6-12-21(17-18)28-24(27)20-10-2-1-3-11-20/h1-3,6,8,10-12,16-17,19,22-23,26H,4,7,13-15H2/t19-,22+,23-/m0/s1. The molecule has 0 amide bonds. The number of carbonyl (C=O) groups is 2. The van der Waals surface area contributed by atoms with E-state index in [-0.39, 0.29) is 17.8 Å². The highest BCUT2D eigenvalue weighted by atomic mass is 16.5. The minimum absolute atomic E-state index is 0.0364. The average Bonchev–Trinajstić information content (AvgIpc) is 3.06. The molecule has 144 valence electrons. The van der Waals surface area contributed by atoms with Gasteiger partial charge in [0.1, 0.15) is 12.0 Å². The van der Waals surface area contributed by atoms with Gasteiger partial charge in [-0.15, -0.1) is 5.92 Å². The highest BCUT2D eigenvalue weighted by Crippen LogP contribution is 2.33. The maximum absolute atomic E-state index is 12.2. The summed E-state index contributed by atoms with van der Waals surface area (Å²) in [6.45, 7) is 0. The minimum Gasteiger partial charge on any atom is -0.423 e. The normalized spacial score (nSPS) is 20.8. The molecule has 1 aliphatic carbocycles. The number of aldehydes is 1. The molecule has 4 heteroatoms. The molecular weight excluding hydrogens is 352 g/mol. The van der Waals surface area contributed by atoms with E-state index in [9.17, 15) is 14.7 Å². The Balaban J connectivity index is 1.54.